The molecule has 1 aromatic carbocycles. The van der Waals surface area contributed by atoms with Gasteiger partial charge in [-0.25, -0.2) is 0 Å². The Labute approximate surface area is 120 Å². The van der Waals surface area contributed by atoms with Gasteiger partial charge in [-0.15, -0.1) is 0 Å². The van der Waals surface area contributed by atoms with Crippen LogP contribution >= 0.6 is 0 Å². The zero-order valence-corrected chi connectivity index (χ0v) is 12.3. The number of benzene rings is 1. The Morgan fingerprint density at radius 1 is 1.50 bits per heavy atom. The van der Waals surface area contributed by atoms with Gasteiger partial charge in [0.2, 0.25) is 5.91 Å². The van der Waals surface area contributed by atoms with Crippen LogP contribution in [0.1, 0.15) is 24.5 Å². The molecule has 20 heavy (non-hydrogen) atoms. The molecule has 0 heterocycles. The molecule has 0 bridgehead atoms. The second kappa shape index (κ2) is 7.82. The number of carbonyl (C=O) groups is 1. The Bertz CT molecular complexity index is 463. The minimum Gasteiger partial charge on any atom is -0.396 e. The Hall–Kier alpha value is -1.65. The minimum atomic E-state index is -0.558. The van der Waals surface area contributed by atoms with Crippen molar-refractivity contribution in [3.63, 3.8) is 0 Å². The summed E-state index contributed by atoms with van der Waals surface area (Å²) >= 11 is 0. The second-order valence-electron chi connectivity index (χ2n) is 5.20. The zero-order chi connectivity index (χ0) is 15.0. The number of aliphatic hydroxyl groups excluding tert-OH is 1. The molecule has 0 radical (unpaired) electrons. The van der Waals surface area contributed by atoms with Crippen LogP contribution in [0.5, 0.6) is 0 Å². The third-order valence-corrected chi connectivity index (χ3v) is 3.02. The van der Waals surface area contributed by atoms with E-state index in [0.717, 1.165) is 11.1 Å². The molecule has 0 aliphatic rings. The van der Waals surface area contributed by atoms with Crippen molar-refractivity contribution in [3.05, 3.63) is 41.5 Å². The third-order valence-electron chi connectivity index (χ3n) is 3.02. The van der Waals surface area contributed by atoms with Crippen molar-refractivity contribution in [2.24, 2.45) is 0 Å². The summed E-state index contributed by atoms with van der Waals surface area (Å²) in [5.74, 6) is -0.195. The van der Waals surface area contributed by atoms with Crippen molar-refractivity contribution < 1.29 is 14.6 Å². The summed E-state index contributed by atoms with van der Waals surface area (Å²) < 4.78 is 5.09. The van der Waals surface area contributed by atoms with Crippen LogP contribution in [-0.2, 0) is 9.53 Å². The van der Waals surface area contributed by atoms with Crippen molar-refractivity contribution in [1.82, 2.24) is 5.32 Å². The van der Waals surface area contributed by atoms with Crippen LogP contribution in [0.4, 0.5) is 0 Å². The van der Waals surface area contributed by atoms with Crippen LogP contribution in [-0.4, -0.2) is 36.9 Å². The number of nitrogens with one attached hydrogen (secondary N) is 1. The maximum absolute atomic E-state index is 11.9. The fourth-order valence-electron chi connectivity index (χ4n) is 2.02. The molecule has 4 heteroatoms. The summed E-state index contributed by atoms with van der Waals surface area (Å²) in [6, 6.07) is 7.91. The molecule has 1 aromatic rings. The highest BCUT2D eigenvalue weighted by molar-refractivity contribution is 5.92. The molecule has 1 unspecified atom stereocenters. The van der Waals surface area contributed by atoms with Crippen LogP contribution in [0.15, 0.2) is 30.3 Å². The smallest absolute Gasteiger partial charge is 0.244 e. The van der Waals surface area contributed by atoms with E-state index < -0.39 is 5.54 Å². The first-order valence-corrected chi connectivity index (χ1v) is 6.66. The van der Waals surface area contributed by atoms with E-state index in [2.05, 4.69) is 5.32 Å². The lowest BCUT2D eigenvalue weighted by Crippen LogP contribution is -2.49. The third kappa shape index (κ3) is 5.55. The average Bonchev–Trinajstić information content (AvgIpc) is 2.37. The molecule has 0 fully saturated rings. The van der Waals surface area contributed by atoms with E-state index in [1.807, 2.05) is 38.1 Å². The average molecular weight is 277 g/mol. The van der Waals surface area contributed by atoms with Gasteiger partial charge in [-0.3, -0.25) is 4.79 Å². The monoisotopic (exact) mass is 277 g/mol. The number of rotatable bonds is 7. The van der Waals surface area contributed by atoms with Gasteiger partial charge in [-0.1, -0.05) is 29.8 Å². The summed E-state index contributed by atoms with van der Waals surface area (Å²) in [7, 11) is 1.57. The summed E-state index contributed by atoms with van der Waals surface area (Å²) in [6.07, 6.45) is 3.72. The molecule has 0 aromatic heterocycles. The largest absolute Gasteiger partial charge is 0.396 e. The molecular formula is C16H23NO3. The second-order valence-corrected chi connectivity index (χ2v) is 5.20. The minimum absolute atomic E-state index is 0.00172. The predicted octanol–water partition coefficient (Wildman–Crippen LogP) is 1.91. The maximum atomic E-state index is 11.9. The van der Waals surface area contributed by atoms with Crippen LogP contribution in [0.2, 0.25) is 0 Å². The Balaban J connectivity index is 2.66. The highest BCUT2D eigenvalue weighted by atomic mass is 16.5. The van der Waals surface area contributed by atoms with Gasteiger partial charge in [-0.2, -0.15) is 0 Å². The summed E-state index contributed by atoms with van der Waals surface area (Å²) in [4.78, 5) is 11.9. The topological polar surface area (TPSA) is 58.6 Å². The van der Waals surface area contributed by atoms with Gasteiger partial charge in [0.1, 0.15) is 0 Å². The van der Waals surface area contributed by atoms with Gasteiger partial charge < -0.3 is 15.2 Å². The summed E-state index contributed by atoms with van der Waals surface area (Å²) in [5, 5.41) is 11.9. The van der Waals surface area contributed by atoms with E-state index in [4.69, 9.17) is 9.84 Å². The quantitative estimate of drug-likeness (QED) is 0.749. The molecule has 0 aliphatic heterocycles. The number of aliphatic hydroxyl groups is 1. The normalized spacial score (nSPS) is 14.2. The van der Waals surface area contributed by atoms with Gasteiger partial charge >= 0.3 is 0 Å². The first-order valence-electron chi connectivity index (χ1n) is 6.66. The molecule has 1 atom stereocenters. The molecular weight excluding hydrogens is 254 g/mol. The van der Waals surface area contributed by atoms with Crippen LogP contribution in [0.25, 0.3) is 6.08 Å². The van der Waals surface area contributed by atoms with Crippen molar-refractivity contribution >= 4 is 12.0 Å². The molecule has 0 saturated carbocycles. The number of hydrogen-bond acceptors (Lipinski definition) is 3. The molecule has 0 aliphatic carbocycles. The lowest BCUT2D eigenvalue weighted by molar-refractivity contribution is -0.119. The van der Waals surface area contributed by atoms with Gasteiger partial charge in [0.15, 0.2) is 0 Å². The summed E-state index contributed by atoms with van der Waals surface area (Å²) in [6.45, 7) is 4.22. The Kier molecular flexibility index (Phi) is 6.42. The Morgan fingerprint density at radius 2 is 2.25 bits per heavy atom. The Morgan fingerprint density at radius 3 is 2.85 bits per heavy atom. The maximum Gasteiger partial charge on any atom is 0.244 e. The lowest BCUT2D eigenvalue weighted by atomic mass is 9.99. The molecule has 1 rings (SSSR count). The highest BCUT2D eigenvalue weighted by Gasteiger charge is 2.24. The van der Waals surface area contributed by atoms with Gasteiger partial charge in [0.25, 0.3) is 0 Å². The van der Waals surface area contributed by atoms with Crippen LogP contribution in [0, 0.1) is 6.92 Å². The number of aryl methyl sites for hydroxylation is 1. The molecule has 4 nitrogen and oxygen atoms in total. The molecule has 0 saturated heterocycles. The number of amides is 1. The summed E-state index contributed by atoms with van der Waals surface area (Å²) in [5.41, 5.74) is 1.57. The van der Waals surface area contributed by atoms with E-state index in [1.165, 1.54) is 6.08 Å². The lowest BCUT2D eigenvalue weighted by Gasteiger charge is -2.28. The zero-order valence-electron chi connectivity index (χ0n) is 12.3. The van der Waals surface area contributed by atoms with E-state index in [9.17, 15) is 4.79 Å². The standard InChI is InChI=1S/C16H23NO3/c1-13-5-4-6-14(11-13)7-8-15(19)17-16(2,9-10-18)12-20-3/h4-8,11,18H,9-10,12H2,1-3H3,(H,17,19)/b8-7+. The number of hydrogen-bond donors (Lipinski definition) is 2. The van der Waals surface area contributed by atoms with Gasteiger partial charge in [0.05, 0.1) is 12.1 Å². The van der Waals surface area contributed by atoms with Crippen molar-refractivity contribution in [2.45, 2.75) is 25.8 Å². The van der Waals surface area contributed by atoms with Gasteiger partial charge in [0, 0.05) is 19.8 Å². The van der Waals surface area contributed by atoms with Crippen molar-refractivity contribution in [1.29, 1.82) is 0 Å². The molecule has 110 valence electrons. The first kappa shape index (κ1) is 16.4. The SMILES string of the molecule is COCC(C)(CCO)NC(=O)/C=C/c1cccc(C)c1. The number of methoxy groups -OCH3 is 1. The number of carbonyl (C=O) groups excluding carboxylic acids is 1. The van der Waals surface area contributed by atoms with Crippen LogP contribution in [0.3, 0.4) is 0 Å². The predicted molar refractivity (Wildman–Crippen MR) is 80.3 cm³/mol. The first-order chi connectivity index (χ1) is 9.49. The van der Waals surface area contributed by atoms with E-state index >= 15 is 0 Å². The van der Waals surface area contributed by atoms with E-state index in [1.54, 1.807) is 13.2 Å². The van der Waals surface area contributed by atoms with E-state index in [-0.39, 0.29) is 12.5 Å². The fourth-order valence-corrected chi connectivity index (χ4v) is 2.02. The van der Waals surface area contributed by atoms with E-state index in [0.29, 0.717) is 13.0 Å². The fraction of sp³-hybridized carbons (Fsp3) is 0.438. The van der Waals surface area contributed by atoms with Crippen molar-refractivity contribution in [2.75, 3.05) is 20.3 Å². The highest BCUT2D eigenvalue weighted by Crippen LogP contribution is 2.10. The van der Waals surface area contributed by atoms with Gasteiger partial charge in [-0.05, 0) is 31.9 Å². The number of ether oxygens (including phenoxy) is 1. The van der Waals surface area contributed by atoms with Crippen LogP contribution < -0.4 is 5.32 Å². The molecule has 1 amide bonds. The molecule has 2 N–H and O–H groups in total. The molecule has 0 spiro atoms. The van der Waals surface area contributed by atoms with Crippen molar-refractivity contribution in [3.8, 4) is 0 Å².